The van der Waals surface area contributed by atoms with E-state index in [0.29, 0.717) is 5.82 Å². The zero-order valence-electron chi connectivity index (χ0n) is 20.4. The first-order valence-electron chi connectivity index (χ1n) is 11.3. The highest BCUT2D eigenvalue weighted by atomic mass is 35.5. The lowest BCUT2D eigenvalue weighted by atomic mass is 10.0. The summed E-state index contributed by atoms with van der Waals surface area (Å²) in [5.74, 6) is 0.604. The molecule has 0 radical (unpaired) electrons. The van der Waals surface area contributed by atoms with Gasteiger partial charge in [0.25, 0.3) is 0 Å². The van der Waals surface area contributed by atoms with Gasteiger partial charge in [-0.2, -0.15) is 0 Å². The van der Waals surface area contributed by atoms with Gasteiger partial charge in [-0.05, 0) is 87.7 Å². The van der Waals surface area contributed by atoms with Crippen LogP contribution in [0.3, 0.4) is 0 Å². The minimum absolute atomic E-state index is 0.225. The number of hydrogen-bond donors (Lipinski definition) is 1. The van der Waals surface area contributed by atoms with Crippen molar-refractivity contribution in [2.24, 2.45) is 0 Å². The van der Waals surface area contributed by atoms with Gasteiger partial charge in [0.15, 0.2) is 5.82 Å². The lowest BCUT2D eigenvalue weighted by molar-refractivity contribution is 0.491. The van der Waals surface area contributed by atoms with Gasteiger partial charge in [-0.25, -0.2) is 23.1 Å². The molecule has 0 aliphatic heterocycles. The molecule has 35 heavy (non-hydrogen) atoms. The maximum Gasteiger partial charge on any atom is 0.241 e. The van der Waals surface area contributed by atoms with E-state index < -0.39 is 15.6 Å². The molecule has 0 spiro atoms. The average Bonchev–Trinajstić information content (AvgIpc) is 2.79. The minimum Gasteiger partial charge on any atom is -0.233 e. The Bertz CT molecular complexity index is 1510. The fraction of sp³-hybridized carbons (Fsp3) is 0.214. The number of rotatable bonds is 5. The van der Waals surface area contributed by atoms with Crippen LogP contribution in [0.5, 0.6) is 0 Å². The fourth-order valence-electron chi connectivity index (χ4n) is 3.79. The van der Waals surface area contributed by atoms with Crippen LogP contribution in [0.4, 0.5) is 0 Å². The standard InChI is InChI=1S/C28H28ClN3O2S/c1-18-14-22(12-13-25(18)29)26-15-19(2)30-27(31-26)23-10-6-8-20(16-23)21-9-7-11-24(17-21)35(33,34)32-28(3,4)5/h6-17,32H,1-5H3. The van der Waals surface area contributed by atoms with Gasteiger partial charge in [0.1, 0.15) is 0 Å². The van der Waals surface area contributed by atoms with E-state index in [9.17, 15) is 8.42 Å². The summed E-state index contributed by atoms with van der Waals surface area (Å²) in [6.07, 6.45) is 0. The zero-order chi connectivity index (χ0) is 25.4. The smallest absolute Gasteiger partial charge is 0.233 e. The lowest BCUT2D eigenvalue weighted by Crippen LogP contribution is -2.40. The summed E-state index contributed by atoms with van der Waals surface area (Å²) < 4.78 is 28.4. The van der Waals surface area contributed by atoms with Gasteiger partial charge in [-0.3, -0.25) is 0 Å². The molecule has 0 amide bonds. The Morgan fingerprint density at radius 3 is 2.11 bits per heavy atom. The molecule has 0 aliphatic carbocycles. The van der Waals surface area contributed by atoms with Crippen molar-refractivity contribution in [2.75, 3.05) is 0 Å². The van der Waals surface area contributed by atoms with Crippen LogP contribution in [-0.2, 0) is 10.0 Å². The Balaban J connectivity index is 1.73. The summed E-state index contributed by atoms with van der Waals surface area (Å²) in [7, 11) is -3.64. The van der Waals surface area contributed by atoms with Gasteiger partial charge in [0, 0.05) is 27.4 Å². The van der Waals surface area contributed by atoms with E-state index in [0.717, 1.165) is 44.2 Å². The van der Waals surface area contributed by atoms with Crippen molar-refractivity contribution in [1.29, 1.82) is 0 Å². The first kappa shape index (κ1) is 25.0. The molecule has 0 atom stereocenters. The number of halogens is 1. The van der Waals surface area contributed by atoms with Gasteiger partial charge in [0.05, 0.1) is 10.6 Å². The molecular formula is C28H28ClN3O2S. The normalized spacial score (nSPS) is 12.1. The topological polar surface area (TPSA) is 72.0 Å². The van der Waals surface area contributed by atoms with Crippen molar-refractivity contribution in [3.63, 3.8) is 0 Å². The van der Waals surface area contributed by atoms with E-state index in [4.69, 9.17) is 16.6 Å². The first-order chi connectivity index (χ1) is 16.4. The van der Waals surface area contributed by atoms with E-state index in [1.807, 2.05) is 89.2 Å². The second-order valence-electron chi connectivity index (χ2n) is 9.65. The molecule has 4 rings (SSSR count). The van der Waals surface area contributed by atoms with E-state index in [2.05, 4.69) is 9.71 Å². The second-order valence-corrected chi connectivity index (χ2v) is 11.7. The second kappa shape index (κ2) is 9.53. The van der Waals surface area contributed by atoms with E-state index in [1.165, 1.54) is 0 Å². The minimum atomic E-state index is -3.64. The molecule has 5 nitrogen and oxygen atoms in total. The molecule has 0 fully saturated rings. The maximum atomic E-state index is 12.8. The summed E-state index contributed by atoms with van der Waals surface area (Å²) >= 11 is 6.20. The van der Waals surface area contributed by atoms with Crippen LogP contribution in [-0.4, -0.2) is 23.9 Å². The van der Waals surface area contributed by atoms with Crippen LogP contribution >= 0.6 is 11.6 Å². The molecule has 180 valence electrons. The van der Waals surface area contributed by atoms with E-state index in [1.54, 1.807) is 18.2 Å². The molecule has 4 aromatic rings. The number of sulfonamides is 1. The Kier molecular flexibility index (Phi) is 6.82. The maximum absolute atomic E-state index is 12.8. The molecule has 7 heteroatoms. The van der Waals surface area contributed by atoms with Crippen LogP contribution in [0.25, 0.3) is 33.8 Å². The first-order valence-corrected chi connectivity index (χ1v) is 13.1. The average molecular weight is 506 g/mol. The number of aromatic nitrogens is 2. The molecular weight excluding hydrogens is 478 g/mol. The Labute approximate surface area is 212 Å². The van der Waals surface area contributed by atoms with E-state index in [-0.39, 0.29) is 4.90 Å². The largest absolute Gasteiger partial charge is 0.241 e. The molecule has 0 bridgehead atoms. The Hall–Kier alpha value is -3.06. The third-order valence-electron chi connectivity index (χ3n) is 5.35. The van der Waals surface area contributed by atoms with Crippen molar-refractivity contribution in [2.45, 2.75) is 45.1 Å². The fourth-order valence-corrected chi connectivity index (χ4v) is 5.37. The molecule has 0 aliphatic rings. The summed E-state index contributed by atoms with van der Waals surface area (Å²) in [4.78, 5) is 9.70. The summed E-state index contributed by atoms with van der Waals surface area (Å²) in [6, 6.07) is 22.5. The molecule has 0 saturated heterocycles. The van der Waals surface area contributed by atoms with Gasteiger partial charge in [0.2, 0.25) is 10.0 Å². The number of nitrogens with one attached hydrogen (secondary N) is 1. The van der Waals surface area contributed by atoms with Crippen molar-refractivity contribution in [1.82, 2.24) is 14.7 Å². The molecule has 1 N–H and O–H groups in total. The predicted molar refractivity (Wildman–Crippen MR) is 143 cm³/mol. The highest BCUT2D eigenvalue weighted by molar-refractivity contribution is 7.89. The zero-order valence-corrected chi connectivity index (χ0v) is 22.0. The van der Waals surface area contributed by atoms with Crippen LogP contribution in [0.15, 0.2) is 77.7 Å². The third-order valence-corrected chi connectivity index (χ3v) is 7.53. The van der Waals surface area contributed by atoms with Crippen molar-refractivity contribution < 1.29 is 8.42 Å². The van der Waals surface area contributed by atoms with Crippen LogP contribution in [0.2, 0.25) is 5.02 Å². The Morgan fingerprint density at radius 1 is 0.771 bits per heavy atom. The quantitative estimate of drug-likeness (QED) is 0.323. The van der Waals surface area contributed by atoms with Gasteiger partial charge in [-0.1, -0.05) is 48.0 Å². The monoisotopic (exact) mass is 505 g/mol. The highest BCUT2D eigenvalue weighted by Gasteiger charge is 2.22. The number of benzene rings is 3. The number of hydrogen-bond acceptors (Lipinski definition) is 4. The summed E-state index contributed by atoms with van der Waals surface area (Å²) in [5.41, 5.74) is 5.58. The molecule has 1 aromatic heterocycles. The lowest BCUT2D eigenvalue weighted by Gasteiger charge is -2.20. The van der Waals surface area contributed by atoms with Crippen molar-refractivity contribution in [3.05, 3.63) is 89.1 Å². The number of aryl methyl sites for hydroxylation is 2. The van der Waals surface area contributed by atoms with Gasteiger partial charge in [-0.15, -0.1) is 0 Å². The van der Waals surface area contributed by atoms with Crippen LogP contribution in [0, 0.1) is 13.8 Å². The third kappa shape index (κ3) is 5.96. The SMILES string of the molecule is Cc1cc(-c2ccc(Cl)c(C)c2)nc(-c2cccc(-c3cccc(S(=O)(=O)NC(C)(C)C)c3)c2)n1. The van der Waals surface area contributed by atoms with Gasteiger partial charge < -0.3 is 0 Å². The summed E-state index contributed by atoms with van der Waals surface area (Å²) in [6.45, 7) is 9.37. The van der Waals surface area contributed by atoms with Crippen LogP contribution in [0.1, 0.15) is 32.0 Å². The highest BCUT2D eigenvalue weighted by Crippen LogP contribution is 2.29. The van der Waals surface area contributed by atoms with Gasteiger partial charge >= 0.3 is 0 Å². The number of nitrogens with zero attached hydrogens (tertiary/aromatic N) is 2. The van der Waals surface area contributed by atoms with Crippen molar-refractivity contribution in [3.8, 4) is 33.8 Å². The Morgan fingerprint density at radius 2 is 1.43 bits per heavy atom. The summed E-state index contributed by atoms with van der Waals surface area (Å²) in [5, 5.41) is 0.717. The van der Waals surface area contributed by atoms with Crippen LogP contribution < -0.4 is 4.72 Å². The predicted octanol–water partition coefficient (Wildman–Crippen LogP) is 6.82. The molecule has 3 aromatic carbocycles. The molecule has 0 saturated carbocycles. The molecule has 1 heterocycles. The van der Waals surface area contributed by atoms with E-state index >= 15 is 0 Å². The van der Waals surface area contributed by atoms with Crippen molar-refractivity contribution >= 4 is 21.6 Å². The molecule has 0 unspecified atom stereocenters.